The van der Waals surface area contributed by atoms with E-state index in [1.165, 1.54) is 38.5 Å². The molecule has 0 aromatic heterocycles. The van der Waals surface area contributed by atoms with Crippen LogP contribution in [-0.4, -0.2) is 41.2 Å². The first-order valence-corrected chi connectivity index (χ1v) is 7.27. The summed E-state index contributed by atoms with van der Waals surface area (Å²) in [5, 5.41) is 0. The lowest BCUT2D eigenvalue weighted by atomic mass is 9.72. The van der Waals surface area contributed by atoms with Gasteiger partial charge in [-0.3, -0.25) is 0 Å². The summed E-state index contributed by atoms with van der Waals surface area (Å²) >= 11 is 0. The molecule has 0 amide bonds. The van der Waals surface area contributed by atoms with Crippen LogP contribution in [0, 0.1) is 17.8 Å². The molecule has 1 saturated carbocycles. The molecule has 0 radical (unpaired) electrons. The average Bonchev–Trinajstić information content (AvgIpc) is 2.40. The van der Waals surface area contributed by atoms with E-state index in [4.69, 9.17) is 14.2 Å². The molecule has 0 aliphatic heterocycles. The molecule has 0 bridgehead atoms. The van der Waals surface area contributed by atoms with E-state index >= 15 is 0 Å². The van der Waals surface area contributed by atoms with Gasteiger partial charge in [-0.1, -0.05) is 0 Å². The molecule has 0 heterocycles. The minimum Gasteiger partial charge on any atom is -0.385 e. The Balaban J connectivity index is 2.38. The lowest BCUT2D eigenvalue weighted by Crippen LogP contribution is -2.25. The van der Waals surface area contributed by atoms with Crippen molar-refractivity contribution in [2.24, 2.45) is 17.8 Å². The highest BCUT2D eigenvalue weighted by atomic mass is 16.5. The van der Waals surface area contributed by atoms with Crippen LogP contribution in [0.4, 0.5) is 0 Å². The molecule has 1 fully saturated rings. The quantitative estimate of drug-likeness (QED) is 0.636. The SMILES string of the molecule is COCCC1CC(CCOC)CC(CCOC)C1. The maximum Gasteiger partial charge on any atom is 0.0464 e. The lowest BCUT2D eigenvalue weighted by Gasteiger charge is -2.35. The van der Waals surface area contributed by atoms with Crippen LogP contribution in [0.15, 0.2) is 0 Å². The van der Waals surface area contributed by atoms with Crippen molar-refractivity contribution >= 4 is 0 Å². The standard InChI is InChI=1S/C15H30O3/c1-16-7-4-13-10-14(5-8-17-2)12-15(11-13)6-9-18-3/h13-15H,4-12H2,1-3H3. The van der Waals surface area contributed by atoms with Crippen LogP contribution in [0.3, 0.4) is 0 Å². The van der Waals surface area contributed by atoms with Crippen LogP contribution in [0.2, 0.25) is 0 Å². The van der Waals surface area contributed by atoms with Crippen molar-refractivity contribution in [1.82, 2.24) is 0 Å². The maximum absolute atomic E-state index is 5.23. The second kappa shape index (κ2) is 9.76. The summed E-state index contributed by atoms with van der Waals surface area (Å²) in [6.45, 7) is 2.70. The summed E-state index contributed by atoms with van der Waals surface area (Å²) in [5.41, 5.74) is 0. The van der Waals surface area contributed by atoms with Crippen LogP contribution in [0.5, 0.6) is 0 Å². The lowest BCUT2D eigenvalue weighted by molar-refractivity contribution is 0.0913. The fourth-order valence-electron chi connectivity index (χ4n) is 3.26. The second-order valence-electron chi connectivity index (χ2n) is 5.65. The molecule has 0 atom stereocenters. The molecular weight excluding hydrogens is 228 g/mol. The molecular formula is C15H30O3. The summed E-state index contributed by atoms with van der Waals surface area (Å²) in [7, 11) is 5.40. The zero-order valence-corrected chi connectivity index (χ0v) is 12.3. The third-order valence-electron chi connectivity index (χ3n) is 4.19. The number of hydrogen-bond donors (Lipinski definition) is 0. The monoisotopic (exact) mass is 258 g/mol. The molecule has 0 aromatic rings. The van der Waals surface area contributed by atoms with Gasteiger partial charge in [-0.25, -0.2) is 0 Å². The topological polar surface area (TPSA) is 27.7 Å². The zero-order valence-electron chi connectivity index (χ0n) is 12.3. The minimum atomic E-state index is 0.836. The molecule has 0 spiro atoms. The molecule has 0 unspecified atom stereocenters. The van der Waals surface area contributed by atoms with E-state index in [0.717, 1.165) is 37.6 Å². The van der Waals surface area contributed by atoms with Gasteiger partial charge in [0.25, 0.3) is 0 Å². The maximum atomic E-state index is 5.23. The van der Waals surface area contributed by atoms with Gasteiger partial charge >= 0.3 is 0 Å². The van der Waals surface area contributed by atoms with Crippen molar-refractivity contribution in [3.8, 4) is 0 Å². The Morgan fingerprint density at radius 1 is 0.611 bits per heavy atom. The van der Waals surface area contributed by atoms with E-state index in [-0.39, 0.29) is 0 Å². The molecule has 3 nitrogen and oxygen atoms in total. The highest BCUT2D eigenvalue weighted by Crippen LogP contribution is 2.38. The van der Waals surface area contributed by atoms with Gasteiger partial charge in [0.15, 0.2) is 0 Å². The van der Waals surface area contributed by atoms with Crippen molar-refractivity contribution in [3.63, 3.8) is 0 Å². The normalized spacial score (nSPS) is 28.5. The van der Waals surface area contributed by atoms with Gasteiger partial charge in [0, 0.05) is 41.2 Å². The molecule has 18 heavy (non-hydrogen) atoms. The third kappa shape index (κ3) is 6.17. The number of methoxy groups -OCH3 is 3. The first kappa shape index (κ1) is 15.9. The van der Waals surface area contributed by atoms with Gasteiger partial charge in [0.05, 0.1) is 0 Å². The van der Waals surface area contributed by atoms with E-state index in [0.29, 0.717) is 0 Å². The van der Waals surface area contributed by atoms with E-state index in [2.05, 4.69) is 0 Å². The van der Waals surface area contributed by atoms with Crippen molar-refractivity contribution in [2.75, 3.05) is 41.2 Å². The molecule has 0 aromatic carbocycles. The van der Waals surface area contributed by atoms with Crippen molar-refractivity contribution in [2.45, 2.75) is 38.5 Å². The second-order valence-corrected chi connectivity index (χ2v) is 5.65. The van der Waals surface area contributed by atoms with Gasteiger partial charge in [-0.05, 0) is 56.3 Å². The number of rotatable bonds is 9. The van der Waals surface area contributed by atoms with Crippen molar-refractivity contribution in [1.29, 1.82) is 0 Å². The fourth-order valence-corrected chi connectivity index (χ4v) is 3.26. The summed E-state index contributed by atoms with van der Waals surface area (Å²) in [5.74, 6) is 2.51. The third-order valence-corrected chi connectivity index (χ3v) is 4.19. The van der Waals surface area contributed by atoms with E-state index in [1.807, 2.05) is 0 Å². The van der Waals surface area contributed by atoms with Crippen LogP contribution >= 0.6 is 0 Å². The highest BCUT2D eigenvalue weighted by Gasteiger charge is 2.28. The molecule has 0 N–H and O–H groups in total. The predicted octanol–water partition coefficient (Wildman–Crippen LogP) is 3.13. The fraction of sp³-hybridized carbons (Fsp3) is 1.00. The van der Waals surface area contributed by atoms with Gasteiger partial charge in [-0.15, -0.1) is 0 Å². The predicted molar refractivity (Wildman–Crippen MR) is 73.8 cm³/mol. The van der Waals surface area contributed by atoms with Crippen molar-refractivity contribution < 1.29 is 14.2 Å². The Kier molecular flexibility index (Phi) is 8.64. The first-order chi connectivity index (χ1) is 8.80. The Hall–Kier alpha value is -0.120. The average molecular weight is 258 g/mol. The largest absolute Gasteiger partial charge is 0.385 e. The van der Waals surface area contributed by atoms with Crippen LogP contribution < -0.4 is 0 Å². The van der Waals surface area contributed by atoms with Gasteiger partial charge < -0.3 is 14.2 Å². The minimum absolute atomic E-state index is 0.836. The van der Waals surface area contributed by atoms with Gasteiger partial charge in [0.2, 0.25) is 0 Å². The number of ether oxygens (including phenoxy) is 3. The molecule has 1 aliphatic rings. The van der Waals surface area contributed by atoms with Crippen LogP contribution in [0.25, 0.3) is 0 Å². The Morgan fingerprint density at radius 2 is 0.889 bits per heavy atom. The molecule has 108 valence electrons. The van der Waals surface area contributed by atoms with Gasteiger partial charge in [0.1, 0.15) is 0 Å². The van der Waals surface area contributed by atoms with Crippen LogP contribution in [-0.2, 0) is 14.2 Å². The molecule has 1 aliphatic carbocycles. The summed E-state index contributed by atoms with van der Waals surface area (Å²) in [6.07, 6.45) is 7.71. The molecule has 0 saturated heterocycles. The zero-order chi connectivity index (χ0) is 13.2. The van der Waals surface area contributed by atoms with Crippen molar-refractivity contribution in [3.05, 3.63) is 0 Å². The summed E-state index contributed by atoms with van der Waals surface area (Å²) < 4.78 is 15.7. The number of hydrogen-bond acceptors (Lipinski definition) is 3. The molecule has 1 rings (SSSR count). The summed E-state index contributed by atoms with van der Waals surface area (Å²) in [6, 6.07) is 0. The van der Waals surface area contributed by atoms with Gasteiger partial charge in [-0.2, -0.15) is 0 Å². The first-order valence-electron chi connectivity index (χ1n) is 7.27. The smallest absolute Gasteiger partial charge is 0.0464 e. The highest BCUT2D eigenvalue weighted by molar-refractivity contribution is 4.79. The van der Waals surface area contributed by atoms with E-state index < -0.39 is 0 Å². The van der Waals surface area contributed by atoms with E-state index in [1.54, 1.807) is 21.3 Å². The van der Waals surface area contributed by atoms with Crippen LogP contribution in [0.1, 0.15) is 38.5 Å². The Morgan fingerprint density at radius 3 is 1.11 bits per heavy atom. The Bertz CT molecular complexity index is 157. The Labute approximate surface area is 112 Å². The van der Waals surface area contributed by atoms with E-state index in [9.17, 15) is 0 Å². The summed E-state index contributed by atoms with van der Waals surface area (Å²) in [4.78, 5) is 0. The molecule has 3 heteroatoms.